The molecule has 0 fully saturated rings. The van der Waals surface area contributed by atoms with Gasteiger partial charge in [-0.05, 0) is 48.5 Å². The number of esters is 1. The minimum atomic E-state index is -4.75. The minimum absolute atomic E-state index is 0.806. The van der Waals surface area contributed by atoms with E-state index in [2.05, 4.69) is 0 Å². The van der Waals surface area contributed by atoms with Gasteiger partial charge in [0.2, 0.25) is 0 Å². The number of halogens is 3. The molecule has 126 valence electrons. The molecule has 0 aliphatic heterocycles. The molecular weight excluding hydrogens is 307 g/mol. The third-order valence-corrected chi connectivity index (χ3v) is 4.17. The van der Waals surface area contributed by atoms with Crippen LogP contribution >= 0.6 is 0 Å². The molecule has 4 nitrogen and oxygen atoms in total. The van der Waals surface area contributed by atoms with E-state index >= 15 is 0 Å². The molecule has 0 aromatic carbocycles. The van der Waals surface area contributed by atoms with Crippen molar-refractivity contribution in [1.29, 1.82) is 0 Å². The van der Waals surface area contributed by atoms with Gasteiger partial charge in [-0.2, -0.15) is 13.2 Å². The topological polar surface area (TPSA) is 55.4 Å². The summed E-state index contributed by atoms with van der Waals surface area (Å²) >= 11 is 0. The summed E-state index contributed by atoms with van der Waals surface area (Å²) in [7, 11) is -1.97. The number of carbonyl (C=O) groups is 1. The van der Waals surface area contributed by atoms with Crippen molar-refractivity contribution in [3.8, 4) is 0 Å². The number of carbonyl (C=O) groups excluding carboxylic acids is 1. The molecule has 0 saturated carbocycles. The van der Waals surface area contributed by atoms with Gasteiger partial charge in [0.1, 0.15) is 11.1 Å². The van der Waals surface area contributed by atoms with Gasteiger partial charge in [-0.15, -0.1) is 0 Å². The Morgan fingerprint density at radius 1 is 1.05 bits per heavy atom. The second-order valence-electron chi connectivity index (χ2n) is 7.08. The molecule has 0 bridgehead atoms. The zero-order valence-corrected chi connectivity index (χ0v) is 14.3. The molecule has 2 atom stereocenters. The largest absolute Gasteiger partial charge is 0.460 e. The molecule has 0 unspecified atom stereocenters. The van der Waals surface area contributed by atoms with E-state index in [9.17, 15) is 22.2 Å². The number of hydrogen-bond acceptors (Lipinski definition) is 3. The molecule has 0 radical (unpaired) electrons. The highest BCUT2D eigenvalue weighted by atomic mass is 32.2. The number of rotatable bonds is 4. The summed E-state index contributed by atoms with van der Waals surface area (Å²) in [5.74, 6) is -0.999. The maximum Gasteiger partial charge on any atom is 0.407 e. The summed E-state index contributed by atoms with van der Waals surface area (Å²) in [5.41, 5.74) is -3.50. The molecule has 0 aromatic rings. The van der Waals surface area contributed by atoms with Crippen LogP contribution in [-0.2, 0) is 20.5 Å². The van der Waals surface area contributed by atoms with Crippen molar-refractivity contribution >= 4 is 17.0 Å². The highest BCUT2D eigenvalue weighted by molar-refractivity contribution is 7.84. The van der Waals surface area contributed by atoms with E-state index in [1.807, 2.05) is 4.72 Å². The maximum absolute atomic E-state index is 13.2. The summed E-state index contributed by atoms with van der Waals surface area (Å²) in [6.07, 6.45) is -5.69. The molecule has 0 aliphatic rings. The number of ether oxygens (including phenoxy) is 1. The van der Waals surface area contributed by atoms with Crippen molar-refractivity contribution in [2.24, 2.45) is 0 Å². The molecule has 1 N–H and O–H groups in total. The van der Waals surface area contributed by atoms with Gasteiger partial charge in [0.15, 0.2) is 0 Å². The monoisotopic (exact) mass is 331 g/mol. The van der Waals surface area contributed by atoms with Gasteiger partial charge in [-0.3, -0.25) is 4.79 Å². The Kier molecular flexibility index (Phi) is 6.05. The summed E-state index contributed by atoms with van der Waals surface area (Å²) in [6.45, 7) is 10.1. The Hall–Kier alpha value is -0.630. The van der Waals surface area contributed by atoms with Crippen molar-refractivity contribution in [2.75, 3.05) is 0 Å². The summed E-state index contributed by atoms with van der Waals surface area (Å²) in [6, 6.07) is 0. The van der Waals surface area contributed by atoms with Crippen LogP contribution in [0.15, 0.2) is 0 Å². The van der Waals surface area contributed by atoms with Gasteiger partial charge in [-0.25, -0.2) is 8.93 Å². The van der Waals surface area contributed by atoms with Crippen LogP contribution in [0.1, 0.15) is 54.9 Å². The first-order valence-corrected chi connectivity index (χ1v) is 7.61. The molecule has 0 rings (SSSR count). The van der Waals surface area contributed by atoms with E-state index in [0.29, 0.717) is 0 Å². The third kappa shape index (κ3) is 6.78. The Morgan fingerprint density at radius 3 is 1.76 bits per heavy atom. The van der Waals surface area contributed by atoms with Crippen LogP contribution in [0.4, 0.5) is 13.2 Å². The lowest BCUT2D eigenvalue weighted by atomic mass is 9.98. The molecule has 8 heteroatoms. The lowest BCUT2D eigenvalue weighted by Crippen LogP contribution is -2.58. The zero-order chi connectivity index (χ0) is 17.3. The van der Waals surface area contributed by atoms with Crippen LogP contribution in [0.5, 0.6) is 0 Å². The van der Waals surface area contributed by atoms with Crippen LogP contribution in [0.3, 0.4) is 0 Å². The highest BCUT2D eigenvalue weighted by Crippen LogP contribution is 2.34. The first-order chi connectivity index (χ1) is 8.98. The normalized spacial score (nSPS) is 18.0. The second-order valence-corrected chi connectivity index (χ2v) is 9.04. The SMILES string of the molecule is CC(C)(C)OC(=O)C[C@@](C)(N[S@@](=O)C(C)(C)C)C(F)(F)F. The molecule has 0 saturated heterocycles. The highest BCUT2D eigenvalue weighted by Gasteiger charge is 2.54. The van der Waals surface area contributed by atoms with Crippen LogP contribution in [0, 0.1) is 0 Å². The molecule has 0 spiro atoms. The Labute approximate surface area is 126 Å². The molecule has 0 heterocycles. The van der Waals surface area contributed by atoms with Crippen molar-refractivity contribution in [1.82, 2.24) is 4.72 Å². The van der Waals surface area contributed by atoms with E-state index in [4.69, 9.17) is 4.74 Å². The van der Waals surface area contributed by atoms with Gasteiger partial charge in [0.05, 0.1) is 22.2 Å². The fourth-order valence-corrected chi connectivity index (χ4v) is 2.12. The molecular formula is C13H24F3NO3S. The van der Waals surface area contributed by atoms with Crippen LogP contribution < -0.4 is 4.72 Å². The number of nitrogens with one attached hydrogen (secondary N) is 1. The predicted molar refractivity (Wildman–Crippen MR) is 76.0 cm³/mol. The van der Waals surface area contributed by atoms with Crippen molar-refractivity contribution in [3.05, 3.63) is 0 Å². The fourth-order valence-electron chi connectivity index (χ4n) is 1.22. The van der Waals surface area contributed by atoms with E-state index in [1.165, 1.54) is 0 Å². The first kappa shape index (κ1) is 20.4. The molecule has 0 aliphatic carbocycles. The Balaban J connectivity index is 5.22. The third-order valence-electron chi connectivity index (χ3n) is 2.42. The first-order valence-electron chi connectivity index (χ1n) is 6.46. The van der Waals surface area contributed by atoms with Crippen molar-refractivity contribution < 1.29 is 26.9 Å². The lowest BCUT2D eigenvalue weighted by molar-refractivity contribution is -0.196. The van der Waals surface area contributed by atoms with Crippen LogP contribution in [-0.4, -0.2) is 32.2 Å². The molecule has 0 aromatic heterocycles. The quantitative estimate of drug-likeness (QED) is 0.806. The fraction of sp³-hybridized carbons (Fsp3) is 0.923. The van der Waals surface area contributed by atoms with Gasteiger partial charge in [0.25, 0.3) is 0 Å². The van der Waals surface area contributed by atoms with Crippen molar-refractivity contribution in [3.63, 3.8) is 0 Å². The van der Waals surface area contributed by atoms with E-state index < -0.39 is 45.4 Å². The number of alkyl halides is 3. The Morgan fingerprint density at radius 2 is 1.48 bits per heavy atom. The smallest absolute Gasteiger partial charge is 0.407 e. The Bertz CT molecular complexity index is 410. The summed E-state index contributed by atoms with van der Waals surface area (Å²) in [5, 5.41) is 0. The maximum atomic E-state index is 13.2. The molecule has 0 amide bonds. The zero-order valence-electron chi connectivity index (χ0n) is 13.5. The van der Waals surface area contributed by atoms with Crippen molar-refractivity contribution in [2.45, 2.75) is 77.0 Å². The van der Waals surface area contributed by atoms with Gasteiger partial charge >= 0.3 is 12.1 Å². The van der Waals surface area contributed by atoms with Crippen LogP contribution in [0.25, 0.3) is 0 Å². The average Bonchev–Trinajstić information content (AvgIpc) is 2.09. The average molecular weight is 331 g/mol. The van der Waals surface area contributed by atoms with Gasteiger partial charge < -0.3 is 4.74 Å². The molecule has 21 heavy (non-hydrogen) atoms. The predicted octanol–water partition coefficient (Wildman–Crippen LogP) is 3.09. The second kappa shape index (κ2) is 6.24. The minimum Gasteiger partial charge on any atom is -0.460 e. The summed E-state index contributed by atoms with van der Waals surface area (Å²) in [4.78, 5) is 11.7. The van der Waals surface area contributed by atoms with Gasteiger partial charge in [0, 0.05) is 0 Å². The number of hydrogen-bond donors (Lipinski definition) is 1. The lowest BCUT2D eigenvalue weighted by Gasteiger charge is -2.35. The van der Waals surface area contributed by atoms with E-state index in [1.54, 1.807) is 41.5 Å². The van der Waals surface area contributed by atoms with Gasteiger partial charge in [-0.1, -0.05) is 0 Å². The van der Waals surface area contributed by atoms with E-state index in [-0.39, 0.29) is 0 Å². The standard InChI is InChI=1S/C13H24F3NO3S/c1-10(2,3)20-9(18)8-12(7,13(14,15)16)17-21(19)11(4,5)6/h17H,8H2,1-7H3/t12-,21+/m1/s1. The summed E-state index contributed by atoms with van der Waals surface area (Å²) < 4.78 is 57.7. The van der Waals surface area contributed by atoms with E-state index in [0.717, 1.165) is 6.92 Å². The van der Waals surface area contributed by atoms with Crippen LogP contribution in [0.2, 0.25) is 0 Å².